The summed E-state index contributed by atoms with van der Waals surface area (Å²) in [6, 6.07) is 19.6. The number of amides is 1. The summed E-state index contributed by atoms with van der Waals surface area (Å²) in [5.74, 6) is 0.241. The van der Waals surface area contributed by atoms with Gasteiger partial charge < -0.3 is 20.4 Å². The van der Waals surface area contributed by atoms with Gasteiger partial charge in [-0.25, -0.2) is 9.97 Å². The van der Waals surface area contributed by atoms with Crippen molar-refractivity contribution in [2.75, 3.05) is 23.0 Å². The molecule has 0 aliphatic carbocycles. The first-order valence-electron chi connectivity index (χ1n) is 11.1. The van der Waals surface area contributed by atoms with Gasteiger partial charge >= 0.3 is 0 Å². The Labute approximate surface area is 201 Å². The Morgan fingerprint density at radius 2 is 1.80 bits per heavy atom. The van der Waals surface area contributed by atoms with Crippen LogP contribution in [0.3, 0.4) is 0 Å². The van der Waals surface area contributed by atoms with Gasteiger partial charge in [0.25, 0.3) is 5.91 Å². The van der Waals surface area contributed by atoms with Crippen molar-refractivity contribution in [1.82, 2.24) is 9.97 Å². The molecule has 0 atom stereocenters. The maximum atomic E-state index is 12.8. The summed E-state index contributed by atoms with van der Waals surface area (Å²) in [7, 11) is 1.83. The number of hydrogen-bond acceptors (Lipinski definition) is 7. The lowest BCUT2D eigenvalue weighted by molar-refractivity contribution is 0.0997. The van der Waals surface area contributed by atoms with Crippen molar-refractivity contribution in [3.63, 3.8) is 0 Å². The molecule has 0 radical (unpaired) electrons. The first kappa shape index (κ1) is 22.1. The third-order valence-electron chi connectivity index (χ3n) is 5.81. The Morgan fingerprint density at radius 1 is 0.971 bits per heavy atom. The number of nitrogens with zero attached hydrogens (tertiary/aromatic N) is 2. The Bertz CT molecular complexity index is 1630. The van der Waals surface area contributed by atoms with Crippen LogP contribution in [-0.2, 0) is 6.54 Å². The van der Waals surface area contributed by atoms with Crippen LogP contribution in [0.25, 0.3) is 21.9 Å². The van der Waals surface area contributed by atoms with Crippen LogP contribution in [-0.4, -0.2) is 22.9 Å². The topological polar surface area (TPSA) is 109 Å². The van der Waals surface area contributed by atoms with E-state index >= 15 is 0 Å². The Balaban J connectivity index is 1.37. The highest BCUT2D eigenvalue weighted by atomic mass is 16.3. The van der Waals surface area contributed by atoms with Gasteiger partial charge in [-0.05, 0) is 48.4 Å². The normalized spacial score (nSPS) is 10.9. The van der Waals surface area contributed by atoms with Gasteiger partial charge in [0.05, 0.1) is 10.9 Å². The summed E-state index contributed by atoms with van der Waals surface area (Å²) in [5.41, 5.74) is 4.46. The zero-order valence-corrected chi connectivity index (χ0v) is 19.3. The first-order chi connectivity index (χ1) is 17.0. The summed E-state index contributed by atoms with van der Waals surface area (Å²) in [5, 5.41) is 10.7. The van der Waals surface area contributed by atoms with E-state index < -0.39 is 5.91 Å². The van der Waals surface area contributed by atoms with Gasteiger partial charge in [0.1, 0.15) is 17.7 Å². The molecule has 35 heavy (non-hydrogen) atoms. The van der Waals surface area contributed by atoms with Gasteiger partial charge in [0.2, 0.25) is 0 Å². The molecule has 3 N–H and O–H groups in total. The predicted molar refractivity (Wildman–Crippen MR) is 138 cm³/mol. The van der Waals surface area contributed by atoms with Gasteiger partial charge in [-0.15, -0.1) is 0 Å². The molecule has 0 saturated carbocycles. The highest BCUT2D eigenvalue weighted by Crippen LogP contribution is 2.25. The van der Waals surface area contributed by atoms with Crippen molar-refractivity contribution in [1.29, 1.82) is 0 Å². The fourth-order valence-electron chi connectivity index (χ4n) is 3.98. The number of benzene rings is 3. The zero-order chi connectivity index (χ0) is 24.4. The maximum absolute atomic E-state index is 12.8. The molecule has 0 fully saturated rings. The molecular formula is C27H23N5O3. The van der Waals surface area contributed by atoms with Gasteiger partial charge in [-0.1, -0.05) is 30.3 Å². The number of carbonyl (C=O) groups is 1. The van der Waals surface area contributed by atoms with Crippen LogP contribution in [0.5, 0.6) is 0 Å². The molecule has 5 rings (SSSR count). The Morgan fingerprint density at radius 3 is 2.66 bits per heavy atom. The van der Waals surface area contributed by atoms with Crippen LogP contribution >= 0.6 is 0 Å². The van der Waals surface area contributed by atoms with Crippen molar-refractivity contribution in [2.24, 2.45) is 0 Å². The minimum atomic E-state index is -0.493. The lowest BCUT2D eigenvalue weighted by Gasteiger charge is -2.14. The molecule has 0 bridgehead atoms. The second kappa shape index (κ2) is 9.26. The van der Waals surface area contributed by atoms with Crippen molar-refractivity contribution >= 4 is 45.0 Å². The second-order valence-corrected chi connectivity index (χ2v) is 8.09. The van der Waals surface area contributed by atoms with E-state index in [1.165, 1.54) is 6.07 Å². The molecule has 2 aromatic heterocycles. The number of nitrogens with one attached hydrogen (secondary N) is 3. The van der Waals surface area contributed by atoms with Crippen molar-refractivity contribution in [2.45, 2.75) is 13.5 Å². The Kier molecular flexibility index (Phi) is 5.85. The predicted octanol–water partition coefficient (Wildman–Crippen LogP) is 4.95. The molecule has 0 unspecified atom stereocenters. The van der Waals surface area contributed by atoms with Gasteiger partial charge in [-0.2, -0.15) is 0 Å². The van der Waals surface area contributed by atoms with Gasteiger partial charge in [0, 0.05) is 36.4 Å². The third-order valence-corrected chi connectivity index (χ3v) is 5.81. The number of rotatable bonds is 6. The quantitative estimate of drug-likeness (QED) is 0.325. The number of hydrogen-bond donors (Lipinski definition) is 3. The van der Waals surface area contributed by atoms with Crippen LogP contribution in [0.1, 0.15) is 21.7 Å². The molecule has 3 aromatic carbocycles. The van der Waals surface area contributed by atoms with E-state index in [4.69, 9.17) is 4.42 Å². The first-order valence-corrected chi connectivity index (χ1v) is 11.1. The average molecular weight is 466 g/mol. The Hall–Kier alpha value is -4.72. The molecule has 2 heterocycles. The summed E-state index contributed by atoms with van der Waals surface area (Å²) < 4.78 is 5.65. The van der Waals surface area contributed by atoms with E-state index in [-0.39, 0.29) is 11.2 Å². The van der Waals surface area contributed by atoms with Gasteiger partial charge in [0.15, 0.2) is 11.2 Å². The van der Waals surface area contributed by atoms with Crippen LogP contribution in [0.4, 0.5) is 17.2 Å². The van der Waals surface area contributed by atoms with Crippen molar-refractivity contribution in [3.05, 3.63) is 100 Å². The monoisotopic (exact) mass is 465 g/mol. The molecule has 0 aliphatic heterocycles. The van der Waals surface area contributed by atoms with E-state index in [9.17, 15) is 9.59 Å². The number of carbonyl (C=O) groups excluding carboxylic acids is 1. The van der Waals surface area contributed by atoms with Crippen molar-refractivity contribution < 1.29 is 9.21 Å². The highest BCUT2D eigenvalue weighted by Gasteiger charge is 2.13. The summed E-state index contributed by atoms with van der Waals surface area (Å²) in [6.07, 6.45) is 1.55. The molecule has 174 valence electrons. The van der Waals surface area contributed by atoms with E-state index in [1.807, 2.05) is 50.4 Å². The maximum Gasteiger partial charge on any atom is 0.291 e. The zero-order valence-electron chi connectivity index (χ0n) is 19.3. The molecule has 8 nitrogen and oxygen atoms in total. The average Bonchev–Trinajstić information content (AvgIpc) is 2.88. The SMILES string of the molecule is CNc1ncnc2c(CNc3cc(NC(=O)c4cc(=O)c5ccccc5o4)ccc3C)cccc12. The number of aryl methyl sites for hydroxylation is 1. The van der Waals surface area contributed by atoms with Crippen LogP contribution in [0, 0.1) is 6.92 Å². The van der Waals surface area contributed by atoms with E-state index in [0.29, 0.717) is 23.2 Å². The third kappa shape index (κ3) is 4.41. The van der Waals surface area contributed by atoms with Crippen LogP contribution in [0.2, 0.25) is 0 Å². The lowest BCUT2D eigenvalue weighted by Crippen LogP contribution is -2.15. The second-order valence-electron chi connectivity index (χ2n) is 8.09. The fourth-order valence-corrected chi connectivity index (χ4v) is 3.98. The van der Waals surface area contributed by atoms with Crippen molar-refractivity contribution in [3.8, 4) is 0 Å². The van der Waals surface area contributed by atoms with E-state index in [1.54, 1.807) is 30.6 Å². The number of fused-ring (bicyclic) bond motifs is 2. The molecular weight excluding hydrogens is 442 g/mol. The largest absolute Gasteiger partial charge is 0.451 e. The molecule has 5 aromatic rings. The smallest absolute Gasteiger partial charge is 0.291 e. The van der Waals surface area contributed by atoms with E-state index in [2.05, 4.69) is 25.9 Å². The van der Waals surface area contributed by atoms with Gasteiger partial charge in [-0.3, -0.25) is 9.59 Å². The lowest BCUT2D eigenvalue weighted by atomic mass is 10.1. The standard InChI is InChI=1S/C27H23N5O3/c1-16-10-11-18(32-27(34)24-13-22(33)19-7-3-4-9-23(19)35-24)12-21(16)29-14-17-6-5-8-20-25(17)30-15-31-26(20)28-2/h3-13,15,29H,14H2,1-2H3,(H,32,34)(H,28,30,31). The minimum absolute atomic E-state index is 0.0421. The molecule has 8 heteroatoms. The number of anilines is 3. The summed E-state index contributed by atoms with van der Waals surface area (Å²) >= 11 is 0. The molecule has 1 amide bonds. The van der Waals surface area contributed by atoms with E-state index in [0.717, 1.165) is 33.5 Å². The summed E-state index contributed by atoms with van der Waals surface area (Å²) in [4.78, 5) is 33.9. The number of aromatic nitrogens is 2. The molecule has 0 aliphatic rings. The molecule has 0 saturated heterocycles. The van der Waals surface area contributed by atoms with Crippen LogP contribution in [0.15, 0.2) is 82.3 Å². The minimum Gasteiger partial charge on any atom is -0.451 e. The number of para-hydroxylation sites is 2. The highest BCUT2D eigenvalue weighted by molar-refractivity contribution is 6.03. The summed E-state index contributed by atoms with van der Waals surface area (Å²) in [6.45, 7) is 2.52. The fraction of sp³-hybridized carbons (Fsp3) is 0.111. The van der Waals surface area contributed by atoms with Crippen LogP contribution < -0.4 is 21.4 Å². The molecule has 0 spiro atoms.